The van der Waals surface area contributed by atoms with E-state index in [-0.39, 0.29) is 0 Å². The van der Waals surface area contributed by atoms with E-state index in [1.54, 1.807) is 0 Å². The molecule has 3 rings (SSSR count). The van der Waals surface area contributed by atoms with Gasteiger partial charge in [0.1, 0.15) is 0 Å². The average molecular weight is 286 g/mol. The third-order valence-corrected chi connectivity index (χ3v) is 5.20. The molecule has 1 aromatic rings. The highest BCUT2D eigenvalue weighted by Crippen LogP contribution is 2.31. The van der Waals surface area contributed by atoms with Gasteiger partial charge in [0.15, 0.2) is 0 Å². The van der Waals surface area contributed by atoms with Gasteiger partial charge in [-0.05, 0) is 30.7 Å². The molecule has 0 bridgehead atoms. The maximum atomic E-state index is 3.80. The fourth-order valence-electron chi connectivity index (χ4n) is 4.17. The molecule has 2 heteroatoms. The first-order valence-corrected chi connectivity index (χ1v) is 8.78. The van der Waals surface area contributed by atoms with Crippen molar-refractivity contribution in [2.24, 2.45) is 5.92 Å². The summed E-state index contributed by atoms with van der Waals surface area (Å²) in [7, 11) is 0. The van der Waals surface area contributed by atoms with Gasteiger partial charge in [-0.1, -0.05) is 57.0 Å². The van der Waals surface area contributed by atoms with Crippen LogP contribution in [0.4, 0.5) is 0 Å². The van der Waals surface area contributed by atoms with Crippen LogP contribution < -0.4 is 5.32 Å². The molecule has 0 amide bonds. The summed E-state index contributed by atoms with van der Waals surface area (Å²) in [5.41, 5.74) is 1.45. The first-order chi connectivity index (χ1) is 10.2. The molecule has 1 heterocycles. The predicted octanol–water partition coefficient (Wildman–Crippen LogP) is 3.99. The lowest BCUT2D eigenvalue weighted by molar-refractivity contribution is 0.0710. The minimum Gasteiger partial charge on any atom is -0.307 e. The van der Waals surface area contributed by atoms with Gasteiger partial charge in [0.05, 0.1) is 0 Å². The standard InChI is InChI=1S/C19H30N2/c1-15(2)12-18-13-20-19(16-8-4-3-5-9-16)14-21(18)17-10-6-7-11-17/h3-5,8-9,15,17-20H,6-7,10-14H2,1-2H3. The molecule has 0 radical (unpaired) electrons. The van der Waals surface area contributed by atoms with E-state index in [4.69, 9.17) is 0 Å². The van der Waals surface area contributed by atoms with Crippen molar-refractivity contribution in [1.29, 1.82) is 0 Å². The largest absolute Gasteiger partial charge is 0.307 e. The molecule has 1 saturated heterocycles. The Bertz CT molecular complexity index is 422. The van der Waals surface area contributed by atoms with Crippen molar-refractivity contribution in [1.82, 2.24) is 10.2 Å². The summed E-state index contributed by atoms with van der Waals surface area (Å²) >= 11 is 0. The highest BCUT2D eigenvalue weighted by Gasteiger charge is 2.34. The Hall–Kier alpha value is -0.860. The lowest BCUT2D eigenvalue weighted by atomic mass is 9.94. The molecule has 0 aromatic heterocycles. The van der Waals surface area contributed by atoms with E-state index in [9.17, 15) is 0 Å². The zero-order chi connectivity index (χ0) is 14.7. The third kappa shape index (κ3) is 3.67. The number of hydrogen-bond donors (Lipinski definition) is 1. The van der Waals surface area contributed by atoms with E-state index >= 15 is 0 Å². The molecule has 2 unspecified atom stereocenters. The van der Waals surface area contributed by atoms with Crippen LogP contribution in [0.15, 0.2) is 30.3 Å². The Labute approximate surface area is 129 Å². The van der Waals surface area contributed by atoms with Crippen LogP contribution in [0.1, 0.15) is 57.6 Å². The quantitative estimate of drug-likeness (QED) is 0.900. The lowest BCUT2D eigenvalue weighted by Gasteiger charge is -2.44. The highest BCUT2D eigenvalue weighted by molar-refractivity contribution is 5.20. The fourth-order valence-corrected chi connectivity index (χ4v) is 4.17. The Kier molecular flexibility index (Phi) is 4.97. The number of piperazine rings is 1. The van der Waals surface area contributed by atoms with Gasteiger partial charge in [-0.25, -0.2) is 0 Å². The predicted molar refractivity (Wildman–Crippen MR) is 89.4 cm³/mol. The van der Waals surface area contributed by atoms with Crippen molar-refractivity contribution >= 4 is 0 Å². The van der Waals surface area contributed by atoms with Gasteiger partial charge in [-0.2, -0.15) is 0 Å². The van der Waals surface area contributed by atoms with Crippen LogP contribution >= 0.6 is 0 Å². The van der Waals surface area contributed by atoms with Gasteiger partial charge in [-0.3, -0.25) is 4.90 Å². The van der Waals surface area contributed by atoms with Gasteiger partial charge in [0.2, 0.25) is 0 Å². The van der Waals surface area contributed by atoms with Crippen LogP contribution in [0, 0.1) is 5.92 Å². The molecule has 1 aliphatic carbocycles. The molecule has 1 aromatic carbocycles. The summed E-state index contributed by atoms with van der Waals surface area (Å²) < 4.78 is 0. The van der Waals surface area contributed by atoms with Crippen molar-refractivity contribution in [2.75, 3.05) is 13.1 Å². The van der Waals surface area contributed by atoms with Crippen LogP contribution in [0.2, 0.25) is 0 Å². The zero-order valence-electron chi connectivity index (χ0n) is 13.6. The molecule has 2 fully saturated rings. The smallest absolute Gasteiger partial charge is 0.0450 e. The highest BCUT2D eigenvalue weighted by atomic mass is 15.3. The Balaban J connectivity index is 1.72. The molecule has 2 atom stereocenters. The maximum Gasteiger partial charge on any atom is 0.0450 e. The van der Waals surface area contributed by atoms with Crippen LogP contribution in [0.5, 0.6) is 0 Å². The van der Waals surface area contributed by atoms with Gasteiger partial charge in [0, 0.05) is 31.2 Å². The fraction of sp³-hybridized carbons (Fsp3) is 0.684. The maximum absolute atomic E-state index is 3.80. The van der Waals surface area contributed by atoms with E-state index in [1.807, 2.05) is 0 Å². The number of rotatable bonds is 4. The van der Waals surface area contributed by atoms with Crippen LogP contribution in [-0.2, 0) is 0 Å². The molecule has 21 heavy (non-hydrogen) atoms. The first kappa shape index (κ1) is 15.1. The number of nitrogens with one attached hydrogen (secondary N) is 1. The Morgan fingerprint density at radius 3 is 2.52 bits per heavy atom. The van der Waals surface area contributed by atoms with E-state index < -0.39 is 0 Å². The molecule has 1 N–H and O–H groups in total. The molecule has 116 valence electrons. The van der Waals surface area contributed by atoms with E-state index in [1.165, 1.54) is 44.2 Å². The second-order valence-corrected chi connectivity index (χ2v) is 7.29. The molecule has 1 saturated carbocycles. The third-order valence-electron chi connectivity index (χ3n) is 5.20. The summed E-state index contributed by atoms with van der Waals surface area (Å²) in [6.07, 6.45) is 7.01. The summed E-state index contributed by atoms with van der Waals surface area (Å²) in [6.45, 7) is 7.05. The van der Waals surface area contributed by atoms with Crippen molar-refractivity contribution in [3.8, 4) is 0 Å². The number of hydrogen-bond acceptors (Lipinski definition) is 2. The molecule has 2 aliphatic rings. The minimum absolute atomic E-state index is 0.509. The lowest BCUT2D eigenvalue weighted by Crippen LogP contribution is -2.56. The monoisotopic (exact) mass is 286 g/mol. The normalized spacial score (nSPS) is 28.3. The number of nitrogens with zero attached hydrogens (tertiary/aromatic N) is 1. The molecule has 2 nitrogen and oxygen atoms in total. The first-order valence-electron chi connectivity index (χ1n) is 8.78. The van der Waals surface area contributed by atoms with Crippen molar-refractivity contribution in [3.63, 3.8) is 0 Å². The zero-order valence-corrected chi connectivity index (χ0v) is 13.6. The summed E-state index contributed by atoms with van der Waals surface area (Å²) in [4.78, 5) is 2.85. The topological polar surface area (TPSA) is 15.3 Å². The van der Waals surface area contributed by atoms with Crippen LogP contribution in [-0.4, -0.2) is 30.1 Å². The number of benzene rings is 1. The molecular formula is C19H30N2. The molecule has 0 spiro atoms. The second kappa shape index (κ2) is 6.93. The van der Waals surface area contributed by atoms with E-state index in [0.29, 0.717) is 6.04 Å². The van der Waals surface area contributed by atoms with Gasteiger partial charge >= 0.3 is 0 Å². The van der Waals surface area contributed by atoms with E-state index in [0.717, 1.165) is 24.5 Å². The summed E-state index contributed by atoms with van der Waals surface area (Å²) in [6, 6.07) is 13.1. The minimum atomic E-state index is 0.509. The van der Waals surface area contributed by atoms with Crippen molar-refractivity contribution < 1.29 is 0 Å². The molecular weight excluding hydrogens is 256 g/mol. The van der Waals surface area contributed by atoms with Gasteiger partial charge < -0.3 is 5.32 Å². The van der Waals surface area contributed by atoms with Crippen LogP contribution in [0.3, 0.4) is 0 Å². The summed E-state index contributed by atoms with van der Waals surface area (Å²) in [5, 5.41) is 3.80. The Morgan fingerprint density at radius 1 is 1.14 bits per heavy atom. The van der Waals surface area contributed by atoms with Crippen molar-refractivity contribution in [2.45, 2.75) is 64.1 Å². The Morgan fingerprint density at radius 2 is 1.86 bits per heavy atom. The van der Waals surface area contributed by atoms with Gasteiger partial charge in [-0.15, -0.1) is 0 Å². The SMILES string of the molecule is CC(C)CC1CNC(c2ccccc2)CN1C1CCCC1. The van der Waals surface area contributed by atoms with E-state index in [2.05, 4.69) is 54.4 Å². The van der Waals surface area contributed by atoms with Gasteiger partial charge in [0.25, 0.3) is 0 Å². The molecule has 1 aliphatic heterocycles. The average Bonchev–Trinajstić information content (AvgIpc) is 3.02. The van der Waals surface area contributed by atoms with Crippen molar-refractivity contribution in [3.05, 3.63) is 35.9 Å². The van der Waals surface area contributed by atoms with Crippen LogP contribution in [0.25, 0.3) is 0 Å². The second-order valence-electron chi connectivity index (χ2n) is 7.29. The summed E-state index contributed by atoms with van der Waals surface area (Å²) in [5.74, 6) is 0.786.